The molecule has 1 N–H and O–H groups in total. The molecule has 1 saturated heterocycles. The van der Waals surface area contributed by atoms with Crippen molar-refractivity contribution < 1.29 is 24.2 Å². The van der Waals surface area contributed by atoms with Crippen LogP contribution < -0.4 is 14.4 Å². The molecule has 0 radical (unpaired) electrons. The number of hydrogen-bond acceptors (Lipinski definition) is 8. The van der Waals surface area contributed by atoms with E-state index in [4.69, 9.17) is 32.7 Å². The molecule has 1 aliphatic rings. The van der Waals surface area contributed by atoms with Crippen LogP contribution in [0.2, 0.25) is 10.0 Å². The maximum atomic E-state index is 13.4. The minimum atomic E-state index is -1.01. The van der Waals surface area contributed by atoms with Crippen molar-refractivity contribution in [3.63, 3.8) is 0 Å². The third kappa shape index (κ3) is 4.39. The zero-order valence-corrected chi connectivity index (χ0v) is 21.9. The molecule has 4 aromatic rings. The Bertz CT molecular complexity index is 1570. The first-order chi connectivity index (χ1) is 17.8. The lowest BCUT2D eigenvalue weighted by atomic mass is 9.96. The van der Waals surface area contributed by atoms with E-state index in [0.29, 0.717) is 23.4 Å². The number of methoxy groups -OCH3 is 1. The largest absolute Gasteiger partial charge is 0.507 e. The van der Waals surface area contributed by atoms with E-state index < -0.39 is 23.5 Å². The molecule has 1 aliphatic heterocycles. The van der Waals surface area contributed by atoms with E-state index in [1.165, 1.54) is 41.7 Å². The highest BCUT2D eigenvalue weighted by Crippen LogP contribution is 2.46. The molecule has 1 atom stereocenters. The molecule has 1 amide bonds. The molecule has 11 heteroatoms. The van der Waals surface area contributed by atoms with E-state index in [-0.39, 0.29) is 32.1 Å². The number of rotatable bonds is 6. The molecule has 0 bridgehead atoms. The summed E-state index contributed by atoms with van der Waals surface area (Å²) in [6, 6.07) is 10.7. The maximum Gasteiger partial charge on any atom is 0.301 e. The van der Waals surface area contributed by atoms with Crippen LogP contribution in [-0.4, -0.2) is 40.5 Å². The second-order valence-corrected chi connectivity index (χ2v) is 9.84. The van der Waals surface area contributed by atoms with Gasteiger partial charge in [-0.3, -0.25) is 19.5 Å². The van der Waals surface area contributed by atoms with E-state index in [0.717, 1.165) is 4.70 Å². The highest BCUT2D eigenvalue weighted by molar-refractivity contribution is 7.22. The van der Waals surface area contributed by atoms with Gasteiger partial charge in [0.05, 0.1) is 46.1 Å². The van der Waals surface area contributed by atoms with Gasteiger partial charge in [0, 0.05) is 17.4 Å². The fraction of sp³-hybridized carbons (Fsp3) is 0.154. The Hall–Kier alpha value is -3.66. The number of Topliss-reactive ketones (excluding diaryl/α,β-unsaturated/α-hetero) is 1. The van der Waals surface area contributed by atoms with Crippen LogP contribution in [0.25, 0.3) is 16.0 Å². The van der Waals surface area contributed by atoms with Crippen molar-refractivity contribution in [2.45, 2.75) is 13.0 Å². The standard InChI is InChI=1S/C26H19Cl2N3O5S/c1-3-36-15-6-7-18-19(11-15)37-26(30-18)31-21(13-5-4-8-29-12-13)20(23(33)25(31)34)22(32)16-9-14(27)10-17(28)24(16)35-2/h4-12,21,32H,3H2,1-2H3/b22-20+. The van der Waals surface area contributed by atoms with Gasteiger partial charge in [0.1, 0.15) is 17.3 Å². The zero-order valence-electron chi connectivity index (χ0n) is 19.6. The van der Waals surface area contributed by atoms with Crippen molar-refractivity contribution >= 4 is 67.3 Å². The van der Waals surface area contributed by atoms with Crippen LogP contribution in [0.1, 0.15) is 24.1 Å². The number of aliphatic hydroxyl groups excluding tert-OH is 1. The highest BCUT2D eigenvalue weighted by Gasteiger charge is 2.48. The van der Waals surface area contributed by atoms with Crippen molar-refractivity contribution in [3.05, 3.63) is 81.6 Å². The lowest BCUT2D eigenvalue weighted by molar-refractivity contribution is -0.132. The summed E-state index contributed by atoms with van der Waals surface area (Å²) in [6.45, 7) is 2.39. The Balaban J connectivity index is 1.73. The number of anilines is 1. The second kappa shape index (κ2) is 10.0. The summed E-state index contributed by atoms with van der Waals surface area (Å²) in [5, 5.41) is 12.1. The molecule has 1 unspecified atom stereocenters. The molecule has 2 aromatic heterocycles. The SMILES string of the molecule is CCOc1ccc2nc(N3C(=O)C(=O)/C(=C(/O)c4cc(Cl)cc(Cl)c4OC)C3c3cccnc3)sc2c1. The number of halogens is 2. The number of amides is 1. The summed E-state index contributed by atoms with van der Waals surface area (Å²) in [5.74, 6) is -1.43. The van der Waals surface area contributed by atoms with E-state index in [1.54, 1.807) is 30.5 Å². The highest BCUT2D eigenvalue weighted by atomic mass is 35.5. The van der Waals surface area contributed by atoms with E-state index >= 15 is 0 Å². The summed E-state index contributed by atoms with van der Waals surface area (Å²) < 4.78 is 11.7. The number of carbonyl (C=O) groups excluding carboxylic acids is 2. The van der Waals surface area contributed by atoms with Crippen LogP contribution in [0.15, 0.2) is 60.4 Å². The first kappa shape index (κ1) is 25.0. The average molecular weight is 556 g/mol. The van der Waals surface area contributed by atoms with Crippen molar-refractivity contribution in [2.24, 2.45) is 0 Å². The van der Waals surface area contributed by atoms with E-state index in [9.17, 15) is 14.7 Å². The van der Waals surface area contributed by atoms with Gasteiger partial charge in [0.2, 0.25) is 0 Å². The number of carbonyl (C=O) groups is 2. The smallest absolute Gasteiger partial charge is 0.301 e. The van der Waals surface area contributed by atoms with Gasteiger partial charge in [0.15, 0.2) is 5.13 Å². The molecule has 0 aliphatic carbocycles. The Morgan fingerprint density at radius 1 is 1.19 bits per heavy atom. The second-order valence-electron chi connectivity index (χ2n) is 7.98. The normalized spacial score (nSPS) is 17.0. The quantitative estimate of drug-likeness (QED) is 0.176. The van der Waals surface area contributed by atoms with Gasteiger partial charge < -0.3 is 14.6 Å². The minimum Gasteiger partial charge on any atom is -0.507 e. The molecule has 0 saturated carbocycles. The monoisotopic (exact) mass is 555 g/mol. The number of pyridine rings is 1. The van der Waals surface area contributed by atoms with Crippen molar-refractivity contribution in [1.29, 1.82) is 0 Å². The fourth-order valence-electron chi connectivity index (χ4n) is 4.22. The molecule has 37 heavy (non-hydrogen) atoms. The molecular weight excluding hydrogens is 537 g/mol. The van der Waals surface area contributed by atoms with Crippen LogP contribution in [0.3, 0.4) is 0 Å². The van der Waals surface area contributed by atoms with Gasteiger partial charge in [-0.25, -0.2) is 4.98 Å². The van der Waals surface area contributed by atoms with E-state index in [2.05, 4.69) is 9.97 Å². The fourth-order valence-corrected chi connectivity index (χ4v) is 5.82. The molecule has 8 nitrogen and oxygen atoms in total. The summed E-state index contributed by atoms with van der Waals surface area (Å²) in [5.41, 5.74) is 1.06. The van der Waals surface area contributed by atoms with Crippen LogP contribution in [-0.2, 0) is 9.59 Å². The summed E-state index contributed by atoms with van der Waals surface area (Å²) in [4.78, 5) is 36.9. The molecule has 3 heterocycles. The third-order valence-electron chi connectivity index (χ3n) is 5.78. The number of thiazole rings is 1. The zero-order chi connectivity index (χ0) is 26.3. The number of aromatic nitrogens is 2. The molecule has 2 aromatic carbocycles. The van der Waals surface area contributed by atoms with Gasteiger partial charge >= 0.3 is 5.91 Å². The van der Waals surface area contributed by atoms with Gasteiger partial charge in [0.25, 0.3) is 5.78 Å². The molecular formula is C26H19Cl2N3O5S. The number of ketones is 1. The van der Waals surface area contributed by atoms with Crippen molar-refractivity contribution in [1.82, 2.24) is 9.97 Å². The third-order valence-corrected chi connectivity index (χ3v) is 7.29. The minimum absolute atomic E-state index is 0.0811. The Kier molecular flexibility index (Phi) is 6.76. The molecule has 1 fully saturated rings. The van der Waals surface area contributed by atoms with Crippen molar-refractivity contribution in [3.8, 4) is 11.5 Å². The Morgan fingerprint density at radius 2 is 2.00 bits per heavy atom. The predicted octanol–water partition coefficient (Wildman–Crippen LogP) is 6.03. The number of benzene rings is 2. The van der Waals surface area contributed by atoms with Gasteiger partial charge in [-0.1, -0.05) is 40.6 Å². The van der Waals surface area contributed by atoms with Crippen LogP contribution in [0, 0.1) is 0 Å². The maximum absolute atomic E-state index is 13.4. The predicted molar refractivity (Wildman–Crippen MR) is 143 cm³/mol. The van der Waals surface area contributed by atoms with Gasteiger partial charge in [-0.15, -0.1) is 0 Å². The topological polar surface area (TPSA) is 102 Å². The number of nitrogens with zero attached hydrogens (tertiary/aromatic N) is 3. The Morgan fingerprint density at radius 3 is 2.70 bits per heavy atom. The Labute approximate surface area is 225 Å². The summed E-state index contributed by atoms with van der Waals surface area (Å²) >= 11 is 13.7. The van der Waals surface area contributed by atoms with Gasteiger partial charge in [-0.2, -0.15) is 0 Å². The first-order valence-electron chi connectivity index (χ1n) is 11.1. The van der Waals surface area contributed by atoms with Gasteiger partial charge in [-0.05, 0) is 48.9 Å². The molecule has 5 rings (SSSR count). The average Bonchev–Trinajstić information content (AvgIpc) is 3.41. The number of hydrogen-bond donors (Lipinski definition) is 1. The molecule has 0 spiro atoms. The van der Waals surface area contributed by atoms with Crippen LogP contribution in [0.4, 0.5) is 5.13 Å². The number of ether oxygens (including phenoxy) is 2. The van der Waals surface area contributed by atoms with Crippen LogP contribution >= 0.6 is 34.5 Å². The van der Waals surface area contributed by atoms with E-state index in [1.807, 2.05) is 13.0 Å². The molecule has 188 valence electrons. The lowest BCUT2D eigenvalue weighted by Crippen LogP contribution is -2.29. The number of aliphatic hydroxyl groups is 1. The first-order valence-corrected chi connectivity index (χ1v) is 12.7. The summed E-state index contributed by atoms with van der Waals surface area (Å²) in [6.07, 6.45) is 3.10. The van der Waals surface area contributed by atoms with Crippen molar-refractivity contribution in [2.75, 3.05) is 18.6 Å². The lowest BCUT2D eigenvalue weighted by Gasteiger charge is -2.22. The number of fused-ring (bicyclic) bond motifs is 1. The summed E-state index contributed by atoms with van der Waals surface area (Å²) in [7, 11) is 1.38. The van der Waals surface area contributed by atoms with Crippen LogP contribution in [0.5, 0.6) is 11.5 Å².